The van der Waals surface area contributed by atoms with Gasteiger partial charge in [0.25, 0.3) is 0 Å². The first kappa shape index (κ1) is 13.9. The molecule has 106 valence electrons. The maximum atomic E-state index is 12.7. The number of halogens is 3. The Morgan fingerprint density at radius 3 is 2.58 bits per heavy atom. The van der Waals surface area contributed by atoms with Crippen LogP contribution >= 0.6 is 0 Å². The molecule has 19 heavy (non-hydrogen) atoms. The van der Waals surface area contributed by atoms with E-state index < -0.39 is 11.7 Å². The molecule has 0 saturated carbocycles. The average Bonchev–Trinajstić information content (AvgIpc) is 2.31. The molecule has 4 nitrogen and oxygen atoms in total. The average molecular weight is 274 g/mol. The molecule has 1 unspecified atom stereocenters. The van der Waals surface area contributed by atoms with Crippen LogP contribution in [0.2, 0.25) is 0 Å². The number of anilines is 2. The van der Waals surface area contributed by atoms with Gasteiger partial charge in [-0.2, -0.15) is 13.2 Å². The fourth-order valence-electron chi connectivity index (χ4n) is 2.12. The zero-order chi connectivity index (χ0) is 14.2. The van der Waals surface area contributed by atoms with Crippen LogP contribution in [0.4, 0.5) is 24.8 Å². The standard InChI is InChI=1S/C12H17F3N4/c1-8-7-19(4-3-18(8)2)11-6-9(12(13,14)15)5-10(16)17-11/h5-6,8H,3-4,7H2,1-2H3,(H2,16,17). The van der Waals surface area contributed by atoms with Gasteiger partial charge in [0.05, 0.1) is 5.56 Å². The number of pyridine rings is 1. The molecule has 1 aromatic rings. The van der Waals surface area contributed by atoms with Crippen molar-refractivity contribution in [2.24, 2.45) is 0 Å². The Kier molecular flexibility index (Phi) is 3.58. The van der Waals surface area contributed by atoms with Gasteiger partial charge in [0.15, 0.2) is 0 Å². The third-order valence-electron chi connectivity index (χ3n) is 3.44. The third kappa shape index (κ3) is 3.09. The number of rotatable bonds is 1. The van der Waals surface area contributed by atoms with Crippen LogP contribution in [0, 0.1) is 0 Å². The summed E-state index contributed by atoms with van der Waals surface area (Å²) in [6.07, 6.45) is -4.40. The van der Waals surface area contributed by atoms with Gasteiger partial charge in [-0.3, -0.25) is 0 Å². The third-order valence-corrected chi connectivity index (χ3v) is 3.44. The van der Waals surface area contributed by atoms with Crippen LogP contribution in [0.15, 0.2) is 12.1 Å². The van der Waals surface area contributed by atoms with E-state index >= 15 is 0 Å². The number of piperazine rings is 1. The van der Waals surface area contributed by atoms with Crippen LogP contribution in [0.1, 0.15) is 12.5 Å². The minimum Gasteiger partial charge on any atom is -0.384 e. The quantitative estimate of drug-likeness (QED) is 0.848. The molecule has 2 rings (SSSR count). The Labute approximate surface area is 110 Å². The van der Waals surface area contributed by atoms with Crippen LogP contribution in [0.3, 0.4) is 0 Å². The van der Waals surface area contributed by atoms with Gasteiger partial charge in [0, 0.05) is 25.7 Å². The number of likely N-dealkylation sites (N-methyl/N-ethyl adjacent to an activating group) is 1. The molecule has 0 spiro atoms. The Morgan fingerprint density at radius 1 is 1.32 bits per heavy atom. The first-order valence-electron chi connectivity index (χ1n) is 6.07. The van der Waals surface area contributed by atoms with Crippen molar-refractivity contribution in [3.63, 3.8) is 0 Å². The topological polar surface area (TPSA) is 45.4 Å². The van der Waals surface area contributed by atoms with Gasteiger partial charge in [0.1, 0.15) is 11.6 Å². The van der Waals surface area contributed by atoms with Gasteiger partial charge < -0.3 is 15.5 Å². The Bertz CT molecular complexity index is 461. The summed E-state index contributed by atoms with van der Waals surface area (Å²) < 4.78 is 38.2. The summed E-state index contributed by atoms with van der Waals surface area (Å²) in [6.45, 7) is 4.11. The van der Waals surface area contributed by atoms with Crippen molar-refractivity contribution >= 4 is 11.6 Å². The van der Waals surface area contributed by atoms with Crippen molar-refractivity contribution < 1.29 is 13.2 Å². The summed E-state index contributed by atoms with van der Waals surface area (Å²) in [5.41, 5.74) is 4.73. The normalized spacial score (nSPS) is 21.7. The molecule has 0 amide bonds. The summed E-state index contributed by atoms with van der Waals surface area (Å²) >= 11 is 0. The van der Waals surface area contributed by atoms with E-state index in [1.54, 1.807) is 0 Å². The number of alkyl halides is 3. The molecule has 1 aliphatic rings. The number of hydrogen-bond acceptors (Lipinski definition) is 4. The van der Waals surface area contributed by atoms with Crippen LogP contribution in [0.25, 0.3) is 0 Å². The number of nitrogens with two attached hydrogens (primary N) is 1. The predicted octanol–water partition coefficient (Wildman–Crippen LogP) is 1.82. The van der Waals surface area contributed by atoms with Crippen molar-refractivity contribution in [2.45, 2.75) is 19.1 Å². The molecule has 0 bridgehead atoms. The van der Waals surface area contributed by atoms with E-state index in [0.717, 1.165) is 18.7 Å². The lowest BCUT2D eigenvalue weighted by Crippen LogP contribution is -2.50. The highest BCUT2D eigenvalue weighted by atomic mass is 19.4. The van der Waals surface area contributed by atoms with E-state index in [4.69, 9.17) is 5.73 Å². The van der Waals surface area contributed by atoms with Gasteiger partial charge in [-0.1, -0.05) is 0 Å². The molecule has 2 N–H and O–H groups in total. The number of nitrogens with zero attached hydrogens (tertiary/aromatic N) is 3. The number of aromatic nitrogens is 1. The Balaban J connectivity index is 2.28. The van der Waals surface area contributed by atoms with Crippen LogP contribution < -0.4 is 10.6 Å². The zero-order valence-corrected chi connectivity index (χ0v) is 10.9. The monoisotopic (exact) mass is 274 g/mol. The maximum Gasteiger partial charge on any atom is 0.416 e. The number of nitrogen functional groups attached to an aromatic ring is 1. The zero-order valence-electron chi connectivity index (χ0n) is 10.9. The Morgan fingerprint density at radius 2 is 2.00 bits per heavy atom. The molecule has 0 aliphatic carbocycles. The van der Waals surface area contributed by atoms with E-state index in [9.17, 15) is 13.2 Å². The highest BCUT2D eigenvalue weighted by Crippen LogP contribution is 2.32. The van der Waals surface area contributed by atoms with Gasteiger partial charge in [-0.05, 0) is 26.1 Å². The molecular weight excluding hydrogens is 257 g/mol. The number of hydrogen-bond donors (Lipinski definition) is 1. The van der Waals surface area contributed by atoms with E-state index in [1.807, 2.05) is 18.9 Å². The van der Waals surface area contributed by atoms with Gasteiger partial charge in [-0.15, -0.1) is 0 Å². The first-order valence-corrected chi connectivity index (χ1v) is 6.07. The highest BCUT2D eigenvalue weighted by molar-refractivity contribution is 5.49. The van der Waals surface area contributed by atoms with E-state index in [-0.39, 0.29) is 11.9 Å². The fraction of sp³-hybridized carbons (Fsp3) is 0.583. The van der Waals surface area contributed by atoms with Gasteiger partial charge in [-0.25, -0.2) is 4.98 Å². The first-order chi connectivity index (χ1) is 8.77. The molecule has 0 radical (unpaired) electrons. The summed E-state index contributed by atoms with van der Waals surface area (Å²) in [5, 5.41) is 0. The maximum absolute atomic E-state index is 12.7. The second-order valence-electron chi connectivity index (χ2n) is 4.91. The molecule has 1 aromatic heterocycles. The summed E-state index contributed by atoms with van der Waals surface area (Å²) in [6, 6.07) is 2.20. The van der Waals surface area contributed by atoms with Crippen LogP contribution in [-0.2, 0) is 6.18 Å². The molecule has 1 atom stereocenters. The van der Waals surface area contributed by atoms with Crippen LogP contribution in [0.5, 0.6) is 0 Å². The second-order valence-corrected chi connectivity index (χ2v) is 4.91. The fourth-order valence-corrected chi connectivity index (χ4v) is 2.12. The molecule has 2 heterocycles. The Hall–Kier alpha value is -1.50. The lowest BCUT2D eigenvalue weighted by molar-refractivity contribution is -0.137. The summed E-state index contributed by atoms with van der Waals surface area (Å²) in [5.74, 6) is 0.198. The van der Waals surface area contributed by atoms with Crippen molar-refractivity contribution in [1.82, 2.24) is 9.88 Å². The molecule has 1 fully saturated rings. The molecule has 0 aromatic carbocycles. The highest BCUT2D eigenvalue weighted by Gasteiger charge is 2.32. The largest absolute Gasteiger partial charge is 0.416 e. The smallest absolute Gasteiger partial charge is 0.384 e. The SMILES string of the molecule is CC1CN(c2cc(C(F)(F)F)cc(N)n2)CCN1C. The predicted molar refractivity (Wildman–Crippen MR) is 68.0 cm³/mol. The molecule has 1 saturated heterocycles. The second kappa shape index (κ2) is 4.88. The summed E-state index contributed by atoms with van der Waals surface area (Å²) in [7, 11) is 2.00. The van der Waals surface area contributed by atoms with Gasteiger partial charge >= 0.3 is 6.18 Å². The lowest BCUT2D eigenvalue weighted by Gasteiger charge is -2.38. The molecular formula is C12H17F3N4. The molecule has 7 heteroatoms. The van der Waals surface area contributed by atoms with E-state index in [1.165, 1.54) is 0 Å². The van der Waals surface area contributed by atoms with Crippen molar-refractivity contribution in [1.29, 1.82) is 0 Å². The minimum absolute atomic E-state index is 0.101. The van der Waals surface area contributed by atoms with Crippen molar-refractivity contribution in [3.8, 4) is 0 Å². The summed E-state index contributed by atoms with van der Waals surface area (Å²) in [4.78, 5) is 8.02. The molecule has 1 aliphatic heterocycles. The minimum atomic E-state index is -4.40. The van der Waals surface area contributed by atoms with Gasteiger partial charge in [0.2, 0.25) is 0 Å². The van der Waals surface area contributed by atoms with Crippen LogP contribution in [-0.4, -0.2) is 42.6 Å². The van der Waals surface area contributed by atoms with E-state index in [0.29, 0.717) is 18.9 Å². The lowest BCUT2D eigenvalue weighted by atomic mass is 10.2. The van der Waals surface area contributed by atoms with Crippen molar-refractivity contribution in [3.05, 3.63) is 17.7 Å². The van der Waals surface area contributed by atoms with Crippen molar-refractivity contribution in [2.75, 3.05) is 37.3 Å². The van der Waals surface area contributed by atoms with E-state index in [2.05, 4.69) is 9.88 Å².